The first-order chi connectivity index (χ1) is 12.8. The summed E-state index contributed by atoms with van der Waals surface area (Å²) in [4.78, 5) is 12.9. The largest absolute Gasteiger partial charge is 0.586 e. The van der Waals surface area contributed by atoms with Crippen molar-refractivity contribution in [3.63, 3.8) is 0 Å². The maximum absolute atomic E-state index is 13.7. The highest BCUT2D eigenvalue weighted by atomic mass is 32.1. The number of nitrogens with one attached hydrogen (secondary N) is 1. The number of anilines is 1. The van der Waals surface area contributed by atoms with Crippen LogP contribution in [0, 0.1) is 12.7 Å². The Labute approximate surface area is 156 Å². The number of ether oxygens (including phenoxy) is 2. The van der Waals surface area contributed by atoms with Crippen LogP contribution in [-0.4, -0.2) is 12.2 Å². The lowest BCUT2D eigenvalue weighted by molar-refractivity contribution is -0.286. The number of amides is 1. The third-order valence-corrected chi connectivity index (χ3v) is 5.01. The molecule has 2 heterocycles. The van der Waals surface area contributed by atoms with Crippen molar-refractivity contribution in [2.45, 2.75) is 13.2 Å². The smallest absolute Gasteiger partial charge is 0.395 e. The highest BCUT2D eigenvalue weighted by molar-refractivity contribution is 7.19. The number of carbonyl (C=O) groups excluding carboxylic acids is 1. The molecule has 4 rings (SSSR count). The van der Waals surface area contributed by atoms with Crippen molar-refractivity contribution in [2.75, 3.05) is 5.32 Å². The van der Waals surface area contributed by atoms with E-state index in [9.17, 15) is 18.0 Å². The zero-order valence-corrected chi connectivity index (χ0v) is 14.7. The number of carbonyl (C=O) groups is 1. The number of hydrogen-bond acceptors (Lipinski definition) is 4. The van der Waals surface area contributed by atoms with Gasteiger partial charge < -0.3 is 14.8 Å². The van der Waals surface area contributed by atoms with E-state index in [1.165, 1.54) is 41.7 Å². The van der Waals surface area contributed by atoms with Gasteiger partial charge in [-0.15, -0.1) is 20.1 Å². The highest BCUT2D eigenvalue weighted by Gasteiger charge is 2.43. The molecule has 0 unspecified atom stereocenters. The van der Waals surface area contributed by atoms with Gasteiger partial charge in [-0.25, -0.2) is 4.39 Å². The summed E-state index contributed by atoms with van der Waals surface area (Å²) in [5.41, 5.74) is 1.32. The fraction of sp³-hybridized carbons (Fsp3) is 0.105. The van der Waals surface area contributed by atoms with Crippen molar-refractivity contribution >= 4 is 22.2 Å². The van der Waals surface area contributed by atoms with Gasteiger partial charge in [-0.05, 0) is 54.4 Å². The third kappa shape index (κ3) is 3.35. The van der Waals surface area contributed by atoms with Crippen molar-refractivity contribution in [1.82, 2.24) is 0 Å². The molecule has 0 saturated carbocycles. The van der Waals surface area contributed by atoms with E-state index in [4.69, 9.17) is 0 Å². The molecule has 0 saturated heterocycles. The van der Waals surface area contributed by atoms with Gasteiger partial charge in [0.25, 0.3) is 5.91 Å². The van der Waals surface area contributed by atoms with E-state index in [0.717, 1.165) is 4.88 Å². The Morgan fingerprint density at radius 3 is 2.52 bits per heavy atom. The van der Waals surface area contributed by atoms with Crippen molar-refractivity contribution in [1.29, 1.82) is 0 Å². The van der Waals surface area contributed by atoms with E-state index >= 15 is 0 Å². The molecule has 0 radical (unpaired) electrons. The van der Waals surface area contributed by atoms with Gasteiger partial charge in [0.1, 0.15) is 5.82 Å². The lowest BCUT2D eigenvalue weighted by Gasteiger charge is -2.05. The zero-order valence-electron chi connectivity index (χ0n) is 13.9. The second-order valence-corrected chi connectivity index (χ2v) is 6.96. The normalized spacial score (nSPS) is 14.2. The van der Waals surface area contributed by atoms with Crippen LogP contribution in [0.4, 0.5) is 18.2 Å². The Bertz CT molecular complexity index is 1050. The van der Waals surface area contributed by atoms with Crippen LogP contribution in [0.3, 0.4) is 0 Å². The number of benzene rings is 2. The quantitative estimate of drug-likeness (QED) is 0.647. The van der Waals surface area contributed by atoms with Crippen molar-refractivity contribution in [3.05, 3.63) is 65.5 Å². The molecule has 0 atom stereocenters. The van der Waals surface area contributed by atoms with Crippen LogP contribution in [-0.2, 0) is 0 Å². The van der Waals surface area contributed by atoms with Gasteiger partial charge >= 0.3 is 6.29 Å². The minimum atomic E-state index is -3.68. The SMILES string of the molecule is Cc1cc2c(cc1-c1ccc(NC(=O)c3ccccc3F)s1)OC(F)(F)O2. The molecule has 1 aliphatic heterocycles. The molecular weight excluding hydrogens is 379 g/mol. The van der Waals surface area contributed by atoms with Gasteiger partial charge in [0.05, 0.1) is 10.6 Å². The second-order valence-electron chi connectivity index (χ2n) is 5.88. The average molecular weight is 391 g/mol. The third-order valence-electron chi connectivity index (χ3n) is 3.97. The fourth-order valence-electron chi connectivity index (χ4n) is 2.74. The van der Waals surface area contributed by atoms with Crippen LogP contribution in [0.5, 0.6) is 11.5 Å². The van der Waals surface area contributed by atoms with Crippen molar-refractivity contribution < 1.29 is 27.4 Å². The molecular formula is C19H12F3NO3S. The lowest BCUT2D eigenvalue weighted by Crippen LogP contribution is -2.25. The minimum absolute atomic E-state index is 0.0223. The van der Waals surface area contributed by atoms with E-state index in [2.05, 4.69) is 14.8 Å². The molecule has 1 amide bonds. The molecule has 1 aromatic heterocycles. The Morgan fingerprint density at radius 2 is 1.78 bits per heavy atom. The van der Waals surface area contributed by atoms with Gasteiger partial charge in [0.15, 0.2) is 11.5 Å². The predicted octanol–water partition coefficient (Wildman–Crippen LogP) is 5.44. The molecule has 27 heavy (non-hydrogen) atoms. The number of alkyl halides is 2. The first-order valence-electron chi connectivity index (χ1n) is 7.89. The van der Waals surface area contributed by atoms with E-state index in [1.807, 2.05) is 0 Å². The zero-order chi connectivity index (χ0) is 19.2. The molecule has 1 aliphatic rings. The molecule has 0 spiro atoms. The summed E-state index contributed by atoms with van der Waals surface area (Å²) < 4.78 is 49.1. The number of halogens is 3. The Balaban J connectivity index is 1.59. The molecule has 2 aromatic carbocycles. The van der Waals surface area contributed by atoms with Crippen molar-refractivity contribution in [2.24, 2.45) is 0 Å². The molecule has 0 fully saturated rings. The predicted molar refractivity (Wildman–Crippen MR) is 95.0 cm³/mol. The molecule has 1 N–H and O–H groups in total. The van der Waals surface area contributed by atoms with Crippen LogP contribution >= 0.6 is 11.3 Å². The summed E-state index contributed by atoms with van der Waals surface area (Å²) in [7, 11) is 0. The van der Waals surface area contributed by atoms with Gasteiger partial charge in [-0.2, -0.15) is 0 Å². The van der Waals surface area contributed by atoms with E-state index in [-0.39, 0.29) is 17.1 Å². The topological polar surface area (TPSA) is 47.6 Å². The highest BCUT2D eigenvalue weighted by Crippen LogP contribution is 2.45. The number of hydrogen-bond donors (Lipinski definition) is 1. The average Bonchev–Trinajstić information content (AvgIpc) is 3.16. The molecule has 4 nitrogen and oxygen atoms in total. The van der Waals surface area contributed by atoms with Crippen LogP contribution in [0.1, 0.15) is 15.9 Å². The summed E-state index contributed by atoms with van der Waals surface area (Å²) in [5, 5.41) is 3.14. The number of aryl methyl sites for hydroxylation is 1. The summed E-state index contributed by atoms with van der Waals surface area (Å²) in [6, 6.07) is 12.0. The van der Waals surface area contributed by atoms with Gasteiger partial charge in [0, 0.05) is 4.88 Å². The second kappa shape index (κ2) is 6.31. The maximum atomic E-state index is 13.7. The Kier molecular flexibility index (Phi) is 4.07. The Hall–Kier alpha value is -3.00. The van der Waals surface area contributed by atoms with Gasteiger partial charge in [-0.1, -0.05) is 12.1 Å². The summed E-state index contributed by atoms with van der Waals surface area (Å²) in [6.45, 7) is 1.76. The minimum Gasteiger partial charge on any atom is -0.395 e. The van der Waals surface area contributed by atoms with Gasteiger partial charge in [0.2, 0.25) is 0 Å². The molecule has 138 valence electrons. The van der Waals surface area contributed by atoms with Gasteiger partial charge in [-0.3, -0.25) is 4.79 Å². The summed E-state index contributed by atoms with van der Waals surface area (Å²) >= 11 is 1.24. The molecule has 8 heteroatoms. The number of fused-ring (bicyclic) bond motifs is 1. The Morgan fingerprint density at radius 1 is 1.07 bits per heavy atom. The molecule has 3 aromatic rings. The fourth-order valence-corrected chi connectivity index (χ4v) is 3.72. The van der Waals surface area contributed by atoms with E-state index in [1.54, 1.807) is 25.1 Å². The van der Waals surface area contributed by atoms with Crippen molar-refractivity contribution in [3.8, 4) is 21.9 Å². The molecule has 0 bridgehead atoms. The van der Waals surface area contributed by atoms with Crippen LogP contribution < -0.4 is 14.8 Å². The van der Waals surface area contributed by atoms with Crippen LogP contribution in [0.25, 0.3) is 10.4 Å². The first kappa shape index (κ1) is 17.4. The number of rotatable bonds is 3. The number of thiophene rings is 1. The maximum Gasteiger partial charge on any atom is 0.586 e. The lowest BCUT2D eigenvalue weighted by atomic mass is 10.1. The van der Waals surface area contributed by atoms with Crippen LogP contribution in [0.15, 0.2) is 48.5 Å². The summed E-state index contributed by atoms with van der Waals surface area (Å²) in [6.07, 6.45) is -3.68. The van der Waals surface area contributed by atoms with E-state index in [0.29, 0.717) is 16.1 Å². The summed E-state index contributed by atoms with van der Waals surface area (Å²) in [5.74, 6) is -1.25. The standard InChI is InChI=1S/C19H12F3NO3S/c1-10-8-14-15(26-19(21,22)25-14)9-12(10)16-6-7-17(27-16)23-18(24)11-4-2-3-5-13(11)20/h2-9H,1H3,(H,23,24). The van der Waals surface area contributed by atoms with Crippen LogP contribution in [0.2, 0.25) is 0 Å². The molecule has 0 aliphatic carbocycles. The first-order valence-corrected chi connectivity index (χ1v) is 8.71. The van der Waals surface area contributed by atoms with E-state index < -0.39 is 18.0 Å². The monoisotopic (exact) mass is 391 g/mol.